The molecular weight excluding hydrogens is 470 g/mol. The van der Waals surface area contributed by atoms with Gasteiger partial charge in [0.2, 0.25) is 0 Å². The largest absolute Gasteiger partial charge is 0.418 e. The average molecular weight is 484 g/mol. The Morgan fingerprint density at radius 3 is 1.59 bits per heavy atom. The van der Waals surface area contributed by atoms with Crippen LogP contribution in [0.1, 0.15) is 11.1 Å². The summed E-state index contributed by atoms with van der Waals surface area (Å²) in [7, 11) is 0. The highest BCUT2D eigenvalue weighted by atomic mass is 19.4. The molecule has 0 saturated carbocycles. The number of nitrogen functional groups attached to an aromatic ring is 1. The van der Waals surface area contributed by atoms with Gasteiger partial charge < -0.3 is 5.73 Å². The third kappa shape index (κ3) is 5.51. The zero-order valence-corrected chi connectivity index (χ0v) is 16.8. The summed E-state index contributed by atoms with van der Waals surface area (Å²) in [6.07, 6.45) is -4.48. The highest BCUT2D eigenvalue weighted by molar-refractivity contribution is 5.45. The molecule has 0 fully saturated rings. The summed E-state index contributed by atoms with van der Waals surface area (Å²) in [6, 6.07) is 9.93. The number of alkyl halides is 6. The number of hydrogen-bond donors (Lipinski definition) is 1. The van der Waals surface area contributed by atoms with Gasteiger partial charge in [0.1, 0.15) is 12.4 Å². The third-order valence-corrected chi connectivity index (χ3v) is 4.29. The molecule has 8 nitrogen and oxygen atoms in total. The fourth-order valence-electron chi connectivity index (χ4n) is 2.83. The fourth-order valence-corrected chi connectivity index (χ4v) is 2.83. The molecule has 0 aliphatic rings. The molecule has 0 spiro atoms. The van der Waals surface area contributed by atoms with Crippen LogP contribution in [0.4, 0.5) is 37.7 Å². The Labute approximate surface area is 187 Å². The lowest BCUT2D eigenvalue weighted by atomic mass is 10.2. The zero-order valence-electron chi connectivity index (χ0n) is 16.8. The molecule has 2 N–H and O–H groups in total. The summed E-state index contributed by atoms with van der Waals surface area (Å²) in [5.74, 6) is 0. The monoisotopic (exact) mass is 484 g/mol. The van der Waals surface area contributed by atoms with E-state index in [4.69, 9.17) is 5.73 Å². The molecule has 0 unspecified atom stereocenters. The zero-order chi connectivity index (χ0) is 25.1. The second-order valence-electron chi connectivity index (χ2n) is 6.65. The van der Waals surface area contributed by atoms with Crippen LogP contribution in [0.15, 0.2) is 73.3 Å². The molecule has 0 atom stereocenters. The Hall–Kier alpha value is -4.36. The molecule has 34 heavy (non-hydrogen) atoms. The molecule has 0 aliphatic heterocycles. The van der Waals surface area contributed by atoms with Crippen LogP contribution in [0, 0.1) is 10.1 Å². The van der Waals surface area contributed by atoms with E-state index in [-0.39, 0.29) is 17.1 Å². The fraction of sp³-hybridized carbons (Fsp3) is 0.100. The lowest BCUT2D eigenvalue weighted by Crippen LogP contribution is -2.10. The number of aromatic nitrogens is 4. The van der Waals surface area contributed by atoms with Crippen LogP contribution in [0.2, 0.25) is 0 Å². The molecule has 0 amide bonds. The Balaban J connectivity index is 0.000000192. The van der Waals surface area contributed by atoms with Gasteiger partial charge in [-0.05, 0) is 24.3 Å². The van der Waals surface area contributed by atoms with Crippen LogP contribution in [0.5, 0.6) is 0 Å². The van der Waals surface area contributed by atoms with Crippen LogP contribution < -0.4 is 5.73 Å². The van der Waals surface area contributed by atoms with Gasteiger partial charge in [-0.1, -0.05) is 24.3 Å². The predicted molar refractivity (Wildman–Crippen MR) is 108 cm³/mol. The van der Waals surface area contributed by atoms with Crippen molar-refractivity contribution in [2.75, 3.05) is 5.73 Å². The van der Waals surface area contributed by atoms with Gasteiger partial charge in [-0.15, -0.1) is 0 Å². The Bertz CT molecular complexity index is 1290. The summed E-state index contributed by atoms with van der Waals surface area (Å²) < 4.78 is 78.1. The molecule has 0 saturated heterocycles. The molecule has 2 aromatic heterocycles. The van der Waals surface area contributed by atoms with E-state index >= 15 is 0 Å². The Morgan fingerprint density at radius 1 is 0.765 bits per heavy atom. The van der Waals surface area contributed by atoms with Crippen LogP contribution in [0.3, 0.4) is 0 Å². The third-order valence-electron chi connectivity index (χ3n) is 4.29. The lowest BCUT2D eigenvalue weighted by molar-refractivity contribution is -0.384. The number of nitro groups is 1. The van der Waals surface area contributed by atoms with Crippen molar-refractivity contribution >= 4 is 11.4 Å². The summed E-state index contributed by atoms with van der Waals surface area (Å²) >= 11 is 0. The van der Waals surface area contributed by atoms with Gasteiger partial charge in [0, 0.05) is 0 Å². The molecule has 4 aromatic rings. The normalized spacial score (nSPS) is 11.6. The van der Waals surface area contributed by atoms with Crippen molar-refractivity contribution in [3.63, 3.8) is 0 Å². The number of anilines is 1. The van der Waals surface area contributed by atoms with E-state index in [0.29, 0.717) is 5.69 Å². The first kappa shape index (κ1) is 24.3. The van der Waals surface area contributed by atoms with E-state index < -0.39 is 28.4 Å². The first-order chi connectivity index (χ1) is 15.9. The van der Waals surface area contributed by atoms with Gasteiger partial charge >= 0.3 is 18.0 Å². The van der Waals surface area contributed by atoms with Gasteiger partial charge in [0.25, 0.3) is 0 Å². The number of benzene rings is 2. The first-order valence-electron chi connectivity index (χ1n) is 9.20. The maximum Gasteiger partial charge on any atom is 0.418 e. The highest BCUT2D eigenvalue weighted by Gasteiger charge is 2.34. The van der Waals surface area contributed by atoms with Gasteiger partial charge in [0.15, 0.2) is 0 Å². The second kappa shape index (κ2) is 9.25. The van der Waals surface area contributed by atoms with E-state index in [2.05, 4.69) is 10.2 Å². The van der Waals surface area contributed by atoms with Crippen molar-refractivity contribution in [1.82, 2.24) is 19.6 Å². The van der Waals surface area contributed by atoms with Crippen molar-refractivity contribution < 1.29 is 31.3 Å². The minimum atomic E-state index is -4.54. The van der Waals surface area contributed by atoms with E-state index in [0.717, 1.165) is 33.9 Å². The van der Waals surface area contributed by atoms with Crippen molar-refractivity contribution in [3.8, 4) is 11.4 Å². The quantitative estimate of drug-likeness (QED) is 0.242. The number of halogens is 6. The van der Waals surface area contributed by atoms with Crippen LogP contribution >= 0.6 is 0 Å². The Morgan fingerprint density at radius 2 is 1.21 bits per heavy atom. The predicted octanol–water partition coefficient (Wildman–Crippen LogP) is 5.27. The van der Waals surface area contributed by atoms with Crippen LogP contribution in [-0.2, 0) is 12.4 Å². The summed E-state index contributed by atoms with van der Waals surface area (Å²) in [6.45, 7) is 0. The molecule has 0 aliphatic carbocycles. The number of para-hydroxylation sites is 2. The maximum atomic E-state index is 12.7. The summed E-state index contributed by atoms with van der Waals surface area (Å²) in [4.78, 5) is 9.73. The average Bonchev–Trinajstić information content (AvgIpc) is 3.43. The standard InChI is InChI=1S/C10H6F3N3O2.C10H8F3N3/c11-10(12,13)8-3-1-2-4-9(8)15-6-7(5-14-15)16(17)18;11-10(12,13)8-3-1-2-4-9(8)16-6-7(14)5-15-16/h1-6H;1-6H,14H2. The number of rotatable bonds is 3. The van der Waals surface area contributed by atoms with Crippen molar-refractivity contribution in [3.05, 3.63) is 94.6 Å². The highest BCUT2D eigenvalue weighted by Crippen LogP contribution is 2.34. The number of nitrogens with zero attached hydrogens (tertiary/aromatic N) is 5. The maximum absolute atomic E-state index is 12.7. The first-order valence-corrected chi connectivity index (χ1v) is 9.20. The van der Waals surface area contributed by atoms with Gasteiger partial charge in [0.05, 0.1) is 45.5 Å². The molecule has 178 valence electrons. The van der Waals surface area contributed by atoms with Crippen molar-refractivity contribution in [2.45, 2.75) is 12.4 Å². The topological polar surface area (TPSA) is 105 Å². The minimum absolute atomic E-state index is 0.0355. The molecular formula is C20H14F6N6O2. The van der Waals surface area contributed by atoms with E-state index in [1.807, 2.05) is 0 Å². The van der Waals surface area contributed by atoms with Crippen molar-refractivity contribution in [1.29, 1.82) is 0 Å². The summed E-state index contributed by atoms with van der Waals surface area (Å²) in [5.41, 5.74) is 3.43. The van der Waals surface area contributed by atoms with Crippen LogP contribution in [0.25, 0.3) is 11.4 Å². The van der Waals surface area contributed by atoms with E-state index in [1.54, 1.807) is 0 Å². The van der Waals surface area contributed by atoms with Crippen LogP contribution in [-0.4, -0.2) is 24.5 Å². The minimum Gasteiger partial charge on any atom is -0.396 e. The SMILES string of the molecule is Nc1cnn(-c2ccccc2C(F)(F)F)c1.O=[N+]([O-])c1cnn(-c2ccccc2C(F)(F)F)c1. The van der Waals surface area contributed by atoms with Gasteiger partial charge in [-0.3, -0.25) is 10.1 Å². The molecule has 2 heterocycles. The summed E-state index contributed by atoms with van der Waals surface area (Å²) in [5, 5.41) is 17.8. The van der Waals surface area contributed by atoms with Gasteiger partial charge in [-0.25, -0.2) is 9.36 Å². The van der Waals surface area contributed by atoms with E-state index in [9.17, 15) is 36.5 Å². The molecule has 0 radical (unpaired) electrons. The Kier molecular flexibility index (Phi) is 6.61. The van der Waals surface area contributed by atoms with E-state index in [1.165, 1.54) is 48.8 Å². The van der Waals surface area contributed by atoms with Gasteiger partial charge in [-0.2, -0.15) is 36.5 Å². The number of nitrogens with two attached hydrogens (primary N) is 1. The lowest BCUT2D eigenvalue weighted by Gasteiger charge is -2.11. The molecule has 0 bridgehead atoms. The molecule has 4 rings (SSSR count). The second-order valence-corrected chi connectivity index (χ2v) is 6.65. The van der Waals surface area contributed by atoms with Crippen molar-refractivity contribution in [2.24, 2.45) is 0 Å². The molecule has 14 heteroatoms. The smallest absolute Gasteiger partial charge is 0.396 e. The number of hydrogen-bond acceptors (Lipinski definition) is 5. The molecule has 2 aromatic carbocycles.